The largest absolute Gasteiger partial charge is 0.326 e. The van der Waals surface area contributed by atoms with Gasteiger partial charge in [-0.2, -0.15) is 8.78 Å². The van der Waals surface area contributed by atoms with Crippen LogP contribution >= 0.6 is 0 Å². The number of halogens is 2. The number of rotatable bonds is 2. The van der Waals surface area contributed by atoms with E-state index in [9.17, 15) is 13.6 Å². The Morgan fingerprint density at radius 1 is 1.26 bits per heavy atom. The Kier molecular flexibility index (Phi) is 3.01. The molecular formula is C14H16F2N2O. The fraction of sp³-hybridized carbons (Fsp3) is 0.500. The molecule has 0 radical (unpaired) electrons. The van der Waals surface area contributed by atoms with E-state index in [1.54, 1.807) is 6.07 Å². The van der Waals surface area contributed by atoms with Crippen LogP contribution in [0.15, 0.2) is 18.2 Å². The Bertz CT molecular complexity index is 510. The minimum atomic E-state index is -2.89. The number of carbonyl (C=O) groups is 1. The predicted octanol–water partition coefficient (Wildman–Crippen LogP) is 2.42. The number of hydrogen-bond donors (Lipinski definition) is 2. The average molecular weight is 266 g/mol. The van der Waals surface area contributed by atoms with Gasteiger partial charge in [0, 0.05) is 11.3 Å². The maximum absolute atomic E-state index is 14.4. The second-order valence-electron chi connectivity index (χ2n) is 5.22. The van der Waals surface area contributed by atoms with Gasteiger partial charge in [-0.25, -0.2) is 0 Å². The fourth-order valence-corrected chi connectivity index (χ4v) is 2.80. The van der Waals surface area contributed by atoms with E-state index in [1.807, 2.05) is 0 Å². The van der Waals surface area contributed by atoms with Crippen LogP contribution in [0.3, 0.4) is 0 Å². The molecule has 19 heavy (non-hydrogen) atoms. The molecule has 1 amide bonds. The standard InChI is InChI=1S/C14H16F2N2O/c15-14(16,12-3-1-2-6-17-12)10-4-5-11-9(7-10)8-13(19)18-11/h4-5,7,12,17H,1-3,6,8H2,(H,18,19). The van der Waals surface area contributed by atoms with Crippen molar-refractivity contribution >= 4 is 11.6 Å². The van der Waals surface area contributed by atoms with Gasteiger partial charge >= 0.3 is 0 Å². The van der Waals surface area contributed by atoms with Crippen LogP contribution in [0.5, 0.6) is 0 Å². The molecular weight excluding hydrogens is 250 g/mol. The summed E-state index contributed by atoms with van der Waals surface area (Å²) in [6, 6.07) is 3.65. The van der Waals surface area contributed by atoms with Crippen molar-refractivity contribution in [2.24, 2.45) is 0 Å². The summed E-state index contributed by atoms with van der Waals surface area (Å²) in [7, 11) is 0. The van der Waals surface area contributed by atoms with Gasteiger partial charge in [0.15, 0.2) is 0 Å². The van der Waals surface area contributed by atoms with E-state index >= 15 is 0 Å². The molecule has 0 spiro atoms. The van der Waals surface area contributed by atoms with Crippen LogP contribution in [0.25, 0.3) is 0 Å². The molecule has 0 bridgehead atoms. The Balaban J connectivity index is 1.88. The van der Waals surface area contributed by atoms with Gasteiger partial charge < -0.3 is 10.6 Å². The van der Waals surface area contributed by atoms with Crippen molar-refractivity contribution in [3.05, 3.63) is 29.3 Å². The van der Waals surface area contributed by atoms with E-state index in [-0.39, 0.29) is 17.9 Å². The number of carbonyl (C=O) groups excluding carboxylic acids is 1. The summed E-state index contributed by atoms with van der Waals surface area (Å²) < 4.78 is 28.9. The first-order valence-corrected chi connectivity index (χ1v) is 6.62. The summed E-state index contributed by atoms with van der Waals surface area (Å²) in [5.41, 5.74) is 1.32. The smallest absolute Gasteiger partial charge is 0.288 e. The maximum Gasteiger partial charge on any atom is 0.288 e. The average Bonchev–Trinajstić information content (AvgIpc) is 2.78. The van der Waals surface area contributed by atoms with E-state index in [4.69, 9.17) is 0 Å². The zero-order valence-electron chi connectivity index (χ0n) is 10.5. The number of alkyl halides is 2. The number of fused-ring (bicyclic) bond motifs is 1. The molecule has 1 saturated heterocycles. The minimum Gasteiger partial charge on any atom is -0.326 e. The van der Waals surface area contributed by atoms with Crippen molar-refractivity contribution in [2.75, 3.05) is 11.9 Å². The molecule has 1 aromatic rings. The van der Waals surface area contributed by atoms with Gasteiger partial charge in [0.1, 0.15) is 0 Å². The summed E-state index contributed by atoms with van der Waals surface area (Å²) in [5.74, 6) is -3.02. The number of hydrogen-bond acceptors (Lipinski definition) is 2. The molecule has 102 valence electrons. The SMILES string of the molecule is O=C1Cc2cc(C(F)(F)C3CCCCN3)ccc2N1. The van der Waals surface area contributed by atoms with Gasteiger partial charge in [-0.15, -0.1) is 0 Å². The number of piperidine rings is 1. The van der Waals surface area contributed by atoms with Crippen molar-refractivity contribution in [2.45, 2.75) is 37.6 Å². The molecule has 5 heteroatoms. The number of benzene rings is 1. The molecule has 0 saturated carbocycles. The lowest BCUT2D eigenvalue weighted by atomic mass is 9.92. The highest BCUT2D eigenvalue weighted by Gasteiger charge is 2.42. The molecule has 3 nitrogen and oxygen atoms in total. The lowest BCUT2D eigenvalue weighted by Crippen LogP contribution is -2.45. The topological polar surface area (TPSA) is 41.1 Å². The van der Waals surface area contributed by atoms with Gasteiger partial charge in [0.2, 0.25) is 5.91 Å². The molecule has 0 aliphatic carbocycles. The summed E-state index contributed by atoms with van der Waals surface area (Å²) in [6.45, 7) is 0.644. The van der Waals surface area contributed by atoms with Crippen LogP contribution in [0, 0.1) is 0 Å². The van der Waals surface area contributed by atoms with Crippen LogP contribution in [0.2, 0.25) is 0 Å². The maximum atomic E-state index is 14.4. The third-order valence-electron chi connectivity index (χ3n) is 3.86. The van der Waals surface area contributed by atoms with Crippen molar-refractivity contribution in [1.29, 1.82) is 0 Å². The molecule has 1 unspecified atom stereocenters. The molecule has 1 fully saturated rings. The predicted molar refractivity (Wildman–Crippen MR) is 68.3 cm³/mol. The second kappa shape index (κ2) is 4.56. The Labute approximate surface area is 110 Å². The van der Waals surface area contributed by atoms with E-state index in [0.29, 0.717) is 24.2 Å². The molecule has 2 heterocycles. The zero-order valence-corrected chi connectivity index (χ0v) is 10.5. The van der Waals surface area contributed by atoms with E-state index < -0.39 is 12.0 Å². The minimum absolute atomic E-state index is 0.00199. The molecule has 1 atom stereocenters. The van der Waals surface area contributed by atoms with Crippen molar-refractivity contribution in [3.63, 3.8) is 0 Å². The van der Waals surface area contributed by atoms with Crippen molar-refractivity contribution < 1.29 is 13.6 Å². The quantitative estimate of drug-likeness (QED) is 0.863. The molecule has 0 aromatic heterocycles. The first kappa shape index (κ1) is 12.5. The highest BCUT2D eigenvalue weighted by molar-refractivity contribution is 5.99. The van der Waals surface area contributed by atoms with Crippen LogP contribution < -0.4 is 10.6 Å². The second-order valence-corrected chi connectivity index (χ2v) is 5.22. The first-order chi connectivity index (χ1) is 9.07. The number of anilines is 1. The van der Waals surface area contributed by atoms with Crippen molar-refractivity contribution in [1.82, 2.24) is 5.32 Å². The van der Waals surface area contributed by atoms with Crippen LogP contribution in [0.1, 0.15) is 30.4 Å². The van der Waals surface area contributed by atoms with Crippen molar-refractivity contribution in [3.8, 4) is 0 Å². The molecule has 2 N–H and O–H groups in total. The van der Waals surface area contributed by atoms with E-state index in [0.717, 1.165) is 12.8 Å². The van der Waals surface area contributed by atoms with Gasteiger partial charge in [-0.3, -0.25) is 4.79 Å². The molecule has 2 aliphatic rings. The monoisotopic (exact) mass is 266 g/mol. The van der Waals surface area contributed by atoms with Gasteiger partial charge in [0.05, 0.1) is 12.5 Å². The first-order valence-electron chi connectivity index (χ1n) is 6.62. The van der Waals surface area contributed by atoms with E-state index in [2.05, 4.69) is 10.6 Å². The zero-order chi connectivity index (χ0) is 13.5. The highest BCUT2D eigenvalue weighted by atomic mass is 19.3. The molecule has 3 rings (SSSR count). The number of nitrogens with one attached hydrogen (secondary N) is 2. The lowest BCUT2D eigenvalue weighted by molar-refractivity contribution is -0.115. The summed E-state index contributed by atoms with van der Waals surface area (Å²) in [5, 5.41) is 5.56. The molecule has 2 aliphatic heterocycles. The van der Waals surface area contributed by atoms with Crippen LogP contribution in [-0.2, 0) is 17.1 Å². The fourth-order valence-electron chi connectivity index (χ4n) is 2.80. The van der Waals surface area contributed by atoms with Crippen LogP contribution in [-0.4, -0.2) is 18.5 Å². The Morgan fingerprint density at radius 3 is 2.84 bits per heavy atom. The van der Waals surface area contributed by atoms with Crippen LogP contribution in [0.4, 0.5) is 14.5 Å². The Hall–Kier alpha value is -1.49. The third kappa shape index (κ3) is 2.23. The summed E-state index contributed by atoms with van der Waals surface area (Å²) in [6.07, 6.45) is 2.46. The summed E-state index contributed by atoms with van der Waals surface area (Å²) in [4.78, 5) is 11.3. The van der Waals surface area contributed by atoms with Gasteiger partial charge in [0.25, 0.3) is 5.92 Å². The number of amides is 1. The lowest BCUT2D eigenvalue weighted by Gasteiger charge is -2.31. The van der Waals surface area contributed by atoms with E-state index in [1.165, 1.54) is 12.1 Å². The Morgan fingerprint density at radius 2 is 2.11 bits per heavy atom. The highest BCUT2D eigenvalue weighted by Crippen LogP contribution is 2.37. The van der Waals surface area contributed by atoms with Gasteiger partial charge in [-0.1, -0.05) is 12.5 Å². The molecule has 1 aromatic carbocycles. The van der Waals surface area contributed by atoms with Gasteiger partial charge in [-0.05, 0) is 37.1 Å². The normalized spacial score (nSPS) is 23.1. The summed E-state index contributed by atoms with van der Waals surface area (Å²) >= 11 is 0. The third-order valence-corrected chi connectivity index (χ3v) is 3.86.